The number of hydrogen-bond acceptors (Lipinski definition) is 6. The molecule has 8 heteroatoms. The average Bonchev–Trinajstić information content (AvgIpc) is 3.17. The quantitative estimate of drug-likeness (QED) is 0.344. The Balaban J connectivity index is 2.19. The van der Waals surface area contributed by atoms with Crippen molar-refractivity contribution in [2.24, 2.45) is 17.4 Å². The van der Waals surface area contributed by atoms with Gasteiger partial charge in [0.05, 0.1) is 18.6 Å². The molecule has 1 saturated carbocycles. The highest BCUT2D eigenvalue weighted by atomic mass is 16.6. The van der Waals surface area contributed by atoms with Gasteiger partial charge in [0.1, 0.15) is 12.4 Å². The number of nitrogens with two attached hydrogens (primary N) is 2. The topological polar surface area (TPSA) is 122 Å². The van der Waals surface area contributed by atoms with Crippen LogP contribution in [-0.2, 0) is 11.3 Å². The lowest BCUT2D eigenvalue weighted by Crippen LogP contribution is -2.11. The van der Waals surface area contributed by atoms with Gasteiger partial charge in [-0.15, -0.1) is 0 Å². The molecule has 0 spiro atoms. The molecule has 0 aliphatic heterocycles. The molecule has 1 aliphatic carbocycles. The minimum atomic E-state index is -0.499. The van der Waals surface area contributed by atoms with E-state index in [1.54, 1.807) is 6.08 Å². The van der Waals surface area contributed by atoms with Crippen LogP contribution in [0.3, 0.4) is 0 Å². The maximum Gasteiger partial charge on any atom is 0.307 e. The summed E-state index contributed by atoms with van der Waals surface area (Å²) < 4.78 is 6.45. The van der Waals surface area contributed by atoms with E-state index in [4.69, 9.17) is 16.2 Å². The molecule has 0 radical (unpaired) electrons. The Morgan fingerprint density at radius 1 is 1.65 bits per heavy atom. The number of aromatic nitrogens is 2. The highest BCUT2D eigenvalue weighted by Crippen LogP contribution is 2.34. The van der Waals surface area contributed by atoms with Crippen LogP contribution in [0.4, 0.5) is 5.69 Å². The summed E-state index contributed by atoms with van der Waals surface area (Å²) >= 11 is 0. The number of allylic oxidation sites excluding steroid dienone is 3. The second-order valence-electron chi connectivity index (χ2n) is 4.67. The van der Waals surface area contributed by atoms with Gasteiger partial charge in [-0.2, -0.15) is 5.10 Å². The van der Waals surface area contributed by atoms with E-state index in [0.717, 1.165) is 18.5 Å². The third-order valence-corrected chi connectivity index (χ3v) is 3.09. The summed E-state index contributed by atoms with van der Waals surface area (Å²) in [5.74, 6) is 0.633. The second kappa shape index (κ2) is 5.64. The third-order valence-electron chi connectivity index (χ3n) is 3.09. The molecule has 1 aromatic rings. The zero-order valence-corrected chi connectivity index (χ0v) is 11.2. The highest BCUT2D eigenvalue weighted by Gasteiger charge is 2.24. The third kappa shape index (κ3) is 3.28. The van der Waals surface area contributed by atoms with Crippen LogP contribution < -0.4 is 11.5 Å². The van der Waals surface area contributed by atoms with Crippen LogP contribution >= 0.6 is 0 Å². The first-order valence-electron chi connectivity index (χ1n) is 6.17. The lowest BCUT2D eigenvalue weighted by Gasteiger charge is -2.09. The molecule has 8 nitrogen and oxygen atoms in total. The highest BCUT2D eigenvalue weighted by molar-refractivity contribution is 5.28. The van der Waals surface area contributed by atoms with Crippen molar-refractivity contribution in [1.29, 1.82) is 0 Å². The molecule has 1 fully saturated rings. The van der Waals surface area contributed by atoms with Crippen LogP contribution in [-0.4, -0.2) is 21.8 Å². The Hall–Kier alpha value is -2.51. The average molecular weight is 279 g/mol. The Bertz CT molecular complexity index is 571. The number of methoxy groups -OCH3 is 1. The molecular weight excluding hydrogens is 262 g/mol. The van der Waals surface area contributed by atoms with E-state index < -0.39 is 4.92 Å². The predicted octanol–water partition coefficient (Wildman–Crippen LogP) is 0.861. The number of rotatable bonds is 6. The van der Waals surface area contributed by atoms with Gasteiger partial charge in [0.2, 0.25) is 0 Å². The molecule has 1 aromatic heterocycles. The second-order valence-corrected chi connectivity index (χ2v) is 4.67. The number of nitrogens with zero attached hydrogens (tertiary/aromatic N) is 3. The monoisotopic (exact) mass is 279 g/mol. The number of hydrogen-bond donors (Lipinski definition) is 2. The van der Waals surface area contributed by atoms with E-state index in [9.17, 15) is 10.1 Å². The van der Waals surface area contributed by atoms with Gasteiger partial charge in [0.15, 0.2) is 5.88 Å². The Morgan fingerprint density at radius 3 is 2.85 bits per heavy atom. The number of nitro groups is 1. The summed E-state index contributed by atoms with van der Waals surface area (Å²) in [5.41, 5.74) is 13.1. The fourth-order valence-electron chi connectivity index (χ4n) is 1.77. The lowest BCUT2D eigenvalue weighted by atomic mass is 10.2. The molecule has 0 bridgehead atoms. The first-order chi connectivity index (χ1) is 9.51. The zero-order valence-electron chi connectivity index (χ0n) is 11.2. The molecule has 20 heavy (non-hydrogen) atoms. The summed E-state index contributed by atoms with van der Waals surface area (Å²) in [6.45, 7) is 0.265. The summed E-state index contributed by atoms with van der Waals surface area (Å²) in [5, 5.41) is 14.5. The van der Waals surface area contributed by atoms with Crippen LogP contribution in [0.15, 0.2) is 35.6 Å². The van der Waals surface area contributed by atoms with Crippen LogP contribution in [0.2, 0.25) is 0 Å². The zero-order chi connectivity index (χ0) is 14.7. The summed E-state index contributed by atoms with van der Waals surface area (Å²) in [6.07, 6.45) is 6.45. The van der Waals surface area contributed by atoms with Crippen LogP contribution in [0.1, 0.15) is 12.8 Å². The van der Waals surface area contributed by atoms with Gasteiger partial charge in [0.25, 0.3) is 0 Å². The lowest BCUT2D eigenvalue weighted by molar-refractivity contribution is -0.385. The van der Waals surface area contributed by atoms with E-state index in [2.05, 4.69) is 5.10 Å². The summed E-state index contributed by atoms with van der Waals surface area (Å²) in [4.78, 5) is 10.1. The first-order valence-corrected chi connectivity index (χ1v) is 6.17. The van der Waals surface area contributed by atoms with Gasteiger partial charge in [0, 0.05) is 11.3 Å². The molecule has 0 atom stereocenters. The minimum Gasteiger partial charge on any atom is -0.482 e. The maximum absolute atomic E-state index is 10.6. The fourth-order valence-corrected chi connectivity index (χ4v) is 1.77. The van der Waals surface area contributed by atoms with Crippen molar-refractivity contribution < 1.29 is 9.66 Å². The van der Waals surface area contributed by atoms with Gasteiger partial charge in [-0.25, -0.2) is 0 Å². The van der Waals surface area contributed by atoms with Crippen molar-refractivity contribution in [1.82, 2.24) is 9.78 Å². The van der Waals surface area contributed by atoms with E-state index in [-0.39, 0.29) is 18.1 Å². The standard InChI is InChI=1S/C12H17N5O3/c1-20-12(14)9(4-11(13)8-2-3-8)6-16-7-10(5-15-16)17(18)19/h4-5,7-8H,2-3,6,13-14H2,1H3/b11-4-,12-9-. The normalized spacial score (nSPS) is 16.8. The van der Waals surface area contributed by atoms with Gasteiger partial charge < -0.3 is 16.2 Å². The van der Waals surface area contributed by atoms with Gasteiger partial charge in [-0.1, -0.05) is 0 Å². The van der Waals surface area contributed by atoms with Gasteiger partial charge in [-0.3, -0.25) is 14.8 Å². The fraction of sp³-hybridized carbons (Fsp3) is 0.417. The van der Waals surface area contributed by atoms with Crippen LogP contribution in [0.5, 0.6) is 0 Å². The molecule has 2 rings (SSSR count). The Morgan fingerprint density at radius 2 is 2.35 bits per heavy atom. The van der Waals surface area contributed by atoms with Gasteiger partial charge in [-0.05, 0) is 24.8 Å². The predicted molar refractivity (Wildman–Crippen MR) is 72.1 cm³/mol. The van der Waals surface area contributed by atoms with Crippen molar-refractivity contribution in [3.63, 3.8) is 0 Å². The van der Waals surface area contributed by atoms with E-state index in [1.165, 1.54) is 24.2 Å². The largest absolute Gasteiger partial charge is 0.482 e. The summed E-state index contributed by atoms with van der Waals surface area (Å²) in [7, 11) is 1.46. The molecule has 108 valence electrons. The first kappa shape index (κ1) is 13.9. The Kier molecular flexibility index (Phi) is 3.92. The SMILES string of the molecule is CO/C(N)=C(/C=C(\N)C1CC1)Cn1cc([N+](=O)[O-])cn1. The molecule has 1 aliphatic rings. The number of ether oxygens (including phenoxy) is 1. The van der Waals surface area contributed by atoms with Gasteiger partial charge >= 0.3 is 5.69 Å². The van der Waals surface area contributed by atoms with Crippen molar-refractivity contribution in [3.05, 3.63) is 45.7 Å². The maximum atomic E-state index is 10.6. The Labute approximate surface area is 115 Å². The van der Waals surface area contributed by atoms with Crippen LogP contribution in [0.25, 0.3) is 0 Å². The summed E-state index contributed by atoms with van der Waals surface area (Å²) in [6, 6.07) is 0. The van der Waals surface area contributed by atoms with E-state index >= 15 is 0 Å². The van der Waals surface area contributed by atoms with Crippen molar-refractivity contribution >= 4 is 5.69 Å². The molecule has 0 aromatic carbocycles. The van der Waals surface area contributed by atoms with Crippen molar-refractivity contribution in [2.75, 3.05) is 7.11 Å². The van der Waals surface area contributed by atoms with Crippen molar-refractivity contribution in [2.45, 2.75) is 19.4 Å². The van der Waals surface area contributed by atoms with Crippen molar-refractivity contribution in [3.8, 4) is 0 Å². The minimum absolute atomic E-state index is 0.0699. The molecule has 4 N–H and O–H groups in total. The smallest absolute Gasteiger partial charge is 0.307 e. The van der Waals surface area contributed by atoms with E-state index in [0.29, 0.717) is 11.5 Å². The van der Waals surface area contributed by atoms with E-state index in [1.807, 2.05) is 0 Å². The molecule has 0 saturated heterocycles. The molecule has 0 amide bonds. The molecule has 0 unspecified atom stereocenters. The molecular formula is C12H17N5O3. The molecule has 1 heterocycles. The van der Waals surface area contributed by atoms with Crippen LogP contribution in [0, 0.1) is 16.0 Å².